The van der Waals surface area contributed by atoms with Gasteiger partial charge in [0.05, 0.1) is 13.2 Å². The molecule has 1 aromatic rings. The van der Waals surface area contributed by atoms with Gasteiger partial charge >= 0.3 is 0 Å². The first kappa shape index (κ1) is 13.1. The number of ether oxygens (including phenoxy) is 1. The molecule has 1 aromatic heterocycles. The summed E-state index contributed by atoms with van der Waals surface area (Å²) < 4.78 is 10.6. The molecule has 0 atom stereocenters. The summed E-state index contributed by atoms with van der Waals surface area (Å²) in [5.74, 6) is 1.07. The van der Waals surface area contributed by atoms with Crippen molar-refractivity contribution < 1.29 is 14.3 Å². The summed E-state index contributed by atoms with van der Waals surface area (Å²) in [7, 11) is 0. The summed E-state index contributed by atoms with van der Waals surface area (Å²) in [6.07, 6.45) is 1.75. The summed E-state index contributed by atoms with van der Waals surface area (Å²) in [5.41, 5.74) is -0.0805. The summed E-state index contributed by atoms with van der Waals surface area (Å²) >= 11 is 0. The van der Waals surface area contributed by atoms with E-state index in [0.29, 0.717) is 25.5 Å². The Labute approximate surface area is 106 Å². The third-order valence-corrected chi connectivity index (χ3v) is 3.46. The van der Waals surface area contributed by atoms with Crippen LogP contribution in [0.25, 0.3) is 0 Å². The molecule has 0 amide bonds. The van der Waals surface area contributed by atoms with Gasteiger partial charge in [-0.15, -0.1) is 0 Å². The highest BCUT2D eigenvalue weighted by Crippen LogP contribution is 2.29. The van der Waals surface area contributed by atoms with Crippen LogP contribution in [0.5, 0.6) is 0 Å². The molecule has 1 aliphatic heterocycles. The van der Waals surface area contributed by atoms with E-state index in [4.69, 9.17) is 14.4 Å². The molecule has 0 saturated carbocycles. The van der Waals surface area contributed by atoms with Gasteiger partial charge in [-0.3, -0.25) is 0 Å². The molecule has 0 unspecified atom stereocenters. The topological polar surface area (TPSA) is 78.4 Å². The van der Waals surface area contributed by atoms with E-state index in [1.807, 2.05) is 6.07 Å². The van der Waals surface area contributed by atoms with Gasteiger partial charge in [0.25, 0.3) is 0 Å². The van der Waals surface area contributed by atoms with Crippen LogP contribution < -0.4 is 5.32 Å². The van der Waals surface area contributed by atoms with Gasteiger partial charge in [0.2, 0.25) is 5.76 Å². The van der Waals surface area contributed by atoms with Gasteiger partial charge in [-0.05, 0) is 25.0 Å². The maximum atomic E-state index is 9.52. The average Bonchev–Trinajstić information content (AvgIpc) is 2.88. The fraction of sp³-hybridized carbons (Fsp3) is 0.615. The van der Waals surface area contributed by atoms with Crippen molar-refractivity contribution in [3.8, 4) is 6.07 Å². The molecule has 18 heavy (non-hydrogen) atoms. The van der Waals surface area contributed by atoms with Crippen molar-refractivity contribution in [2.75, 3.05) is 26.4 Å². The fourth-order valence-corrected chi connectivity index (χ4v) is 2.18. The van der Waals surface area contributed by atoms with Crippen molar-refractivity contribution in [1.29, 1.82) is 5.26 Å². The Bertz CT molecular complexity index is 416. The molecule has 1 fully saturated rings. The fourth-order valence-electron chi connectivity index (χ4n) is 2.18. The second-order valence-electron chi connectivity index (χ2n) is 4.75. The summed E-state index contributed by atoms with van der Waals surface area (Å²) in [4.78, 5) is 0. The standard InChI is InChI=1S/C13H18N2O3/c14-7-11-1-2-12(18-11)8-15-9-13(10-16)3-5-17-6-4-13/h1-2,15-16H,3-6,8-10H2. The van der Waals surface area contributed by atoms with Gasteiger partial charge in [-0.1, -0.05) is 0 Å². The molecule has 0 radical (unpaired) electrons. The lowest BCUT2D eigenvalue weighted by atomic mass is 9.81. The first-order chi connectivity index (χ1) is 8.78. The van der Waals surface area contributed by atoms with Crippen LogP contribution in [-0.2, 0) is 11.3 Å². The zero-order valence-electron chi connectivity index (χ0n) is 10.3. The smallest absolute Gasteiger partial charge is 0.203 e. The van der Waals surface area contributed by atoms with Crippen LogP contribution in [-0.4, -0.2) is 31.5 Å². The number of rotatable bonds is 5. The number of hydrogen-bond acceptors (Lipinski definition) is 5. The largest absolute Gasteiger partial charge is 0.449 e. The second kappa shape index (κ2) is 6.01. The highest BCUT2D eigenvalue weighted by molar-refractivity contribution is 5.18. The minimum Gasteiger partial charge on any atom is -0.449 e. The molecule has 0 aromatic carbocycles. The molecule has 2 heterocycles. The lowest BCUT2D eigenvalue weighted by molar-refractivity contribution is -0.0155. The van der Waals surface area contributed by atoms with Gasteiger partial charge in [0.1, 0.15) is 11.8 Å². The highest BCUT2D eigenvalue weighted by atomic mass is 16.5. The number of aliphatic hydroxyl groups excluding tert-OH is 1. The van der Waals surface area contributed by atoms with Crippen LogP contribution >= 0.6 is 0 Å². The summed E-state index contributed by atoms with van der Waals surface area (Å²) in [6, 6.07) is 5.41. The number of nitrogens with zero attached hydrogens (tertiary/aromatic N) is 1. The number of nitrogens with one attached hydrogen (secondary N) is 1. The Morgan fingerprint density at radius 2 is 2.17 bits per heavy atom. The van der Waals surface area contributed by atoms with Crippen LogP contribution in [0, 0.1) is 16.7 Å². The maximum Gasteiger partial charge on any atom is 0.203 e. The first-order valence-electron chi connectivity index (χ1n) is 6.16. The molecule has 0 spiro atoms. The van der Waals surface area contributed by atoms with E-state index in [9.17, 15) is 5.11 Å². The van der Waals surface area contributed by atoms with E-state index in [1.54, 1.807) is 12.1 Å². The third-order valence-electron chi connectivity index (χ3n) is 3.46. The van der Waals surface area contributed by atoms with Gasteiger partial charge in [0, 0.05) is 25.2 Å². The predicted octanol–water partition coefficient (Wildman–Crippen LogP) is 1.03. The van der Waals surface area contributed by atoms with Crippen LogP contribution in [0.15, 0.2) is 16.5 Å². The van der Waals surface area contributed by atoms with E-state index in [2.05, 4.69) is 5.32 Å². The SMILES string of the molecule is N#Cc1ccc(CNCC2(CO)CCOCC2)o1. The number of hydrogen-bond donors (Lipinski definition) is 2. The molecule has 2 rings (SSSR count). The molecule has 1 aliphatic rings. The molecule has 0 aliphatic carbocycles. The summed E-state index contributed by atoms with van der Waals surface area (Å²) in [6.45, 7) is 2.90. The second-order valence-corrected chi connectivity index (χ2v) is 4.75. The van der Waals surface area contributed by atoms with Gasteiger partial charge in [-0.2, -0.15) is 5.26 Å². The monoisotopic (exact) mass is 250 g/mol. The van der Waals surface area contributed by atoms with Crippen molar-refractivity contribution in [3.63, 3.8) is 0 Å². The minimum atomic E-state index is -0.0805. The van der Waals surface area contributed by atoms with Gasteiger partial charge in [0.15, 0.2) is 0 Å². The van der Waals surface area contributed by atoms with E-state index < -0.39 is 0 Å². The van der Waals surface area contributed by atoms with E-state index in [1.165, 1.54) is 0 Å². The van der Waals surface area contributed by atoms with Crippen molar-refractivity contribution in [3.05, 3.63) is 23.7 Å². The molecule has 5 nitrogen and oxygen atoms in total. The van der Waals surface area contributed by atoms with Gasteiger partial charge < -0.3 is 19.6 Å². The Kier molecular flexibility index (Phi) is 4.37. The zero-order valence-corrected chi connectivity index (χ0v) is 10.3. The minimum absolute atomic E-state index is 0.0805. The molecule has 5 heteroatoms. The maximum absolute atomic E-state index is 9.52. The first-order valence-corrected chi connectivity index (χ1v) is 6.16. The van der Waals surface area contributed by atoms with Crippen LogP contribution in [0.4, 0.5) is 0 Å². The third kappa shape index (κ3) is 3.10. The molecular weight excluding hydrogens is 232 g/mol. The normalized spacial score (nSPS) is 18.4. The lowest BCUT2D eigenvalue weighted by Crippen LogP contribution is -2.41. The van der Waals surface area contributed by atoms with Crippen molar-refractivity contribution in [1.82, 2.24) is 5.32 Å². The Balaban J connectivity index is 1.81. The summed E-state index contributed by atoms with van der Waals surface area (Å²) in [5, 5.41) is 21.4. The van der Waals surface area contributed by atoms with Crippen LogP contribution in [0.1, 0.15) is 24.4 Å². The number of furan rings is 1. The van der Waals surface area contributed by atoms with Crippen molar-refractivity contribution in [2.24, 2.45) is 5.41 Å². The zero-order chi connectivity index (χ0) is 12.8. The van der Waals surface area contributed by atoms with Crippen LogP contribution in [0.3, 0.4) is 0 Å². The number of aliphatic hydroxyl groups is 1. The van der Waals surface area contributed by atoms with E-state index in [0.717, 1.165) is 25.1 Å². The number of nitriles is 1. The van der Waals surface area contributed by atoms with Crippen molar-refractivity contribution >= 4 is 0 Å². The predicted molar refractivity (Wildman–Crippen MR) is 64.7 cm³/mol. The van der Waals surface area contributed by atoms with Crippen LogP contribution in [0.2, 0.25) is 0 Å². The van der Waals surface area contributed by atoms with Crippen molar-refractivity contribution in [2.45, 2.75) is 19.4 Å². The van der Waals surface area contributed by atoms with E-state index in [-0.39, 0.29) is 12.0 Å². The molecule has 1 saturated heterocycles. The molecular formula is C13H18N2O3. The Hall–Kier alpha value is -1.35. The van der Waals surface area contributed by atoms with Gasteiger partial charge in [-0.25, -0.2) is 0 Å². The Morgan fingerprint density at radius 3 is 2.78 bits per heavy atom. The highest BCUT2D eigenvalue weighted by Gasteiger charge is 2.31. The lowest BCUT2D eigenvalue weighted by Gasteiger charge is -2.35. The average molecular weight is 250 g/mol. The quantitative estimate of drug-likeness (QED) is 0.816. The molecule has 2 N–H and O–H groups in total. The Morgan fingerprint density at radius 1 is 1.39 bits per heavy atom. The molecule has 0 bridgehead atoms. The van der Waals surface area contributed by atoms with E-state index >= 15 is 0 Å². The molecule has 98 valence electrons.